The van der Waals surface area contributed by atoms with Gasteiger partial charge in [0.25, 0.3) is 0 Å². The van der Waals surface area contributed by atoms with Gasteiger partial charge in [0.05, 0.1) is 6.61 Å². The number of halogens is 4. The highest BCUT2D eigenvalue weighted by atomic mass is 79.9. The van der Waals surface area contributed by atoms with Gasteiger partial charge in [-0.05, 0) is 25.1 Å². The summed E-state index contributed by atoms with van der Waals surface area (Å²) in [5, 5.41) is 2.14. The third-order valence-corrected chi connectivity index (χ3v) is 3.16. The fourth-order valence-corrected chi connectivity index (χ4v) is 2.23. The highest BCUT2D eigenvalue weighted by Gasteiger charge is 2.48. The zero-order chi connectivity index (χ0) is 14.0. The molecule has 0 aromatic heterocycles. The van der Waals surface area contributed by atoms with E-state index in [9.17, 15) is 13.6 Å². The van der Waals surface area contributed by atoms with Crippen LogP contribution in [0.5, 0.6) is 5.75 Å². The summed E-state index contributed by atoms with van der Waals surface area (Å²) in [6.07, 6.45) is -0.863. The average Bonchev–Trinajstić information content (AvgIpc) is 2.35. The van der Waals surface area contributed by atoms with E-state index in [1.807, 2.05) is 0 Å². The van der Waals surface area contributed by atoms with Crippen molar-refractivity contribution in [3.8, 4) is 5.75 Å². The van der Waals surface area contributed by atoms with Crippen LogP contribution >= 0.6 is 28.3 Å². The maximum Gasteiger partial charge on any atom is 0.408 e. The molecule has 0 bridgehead atoms. The van der Waals surface area contributed by atoms with Crippen LogP contribution in [0.2, 0.25) is 0 Å². The molecule has 1 amide bonds. The molecule has 0 saturated carbocycles. The molecule has 1 aliphatic rings. The van der Waals surface area contributed by atoms with E-state index in [1.54, 1.807) is 19.1 Å². The minimum atomic E-state index is -3.19. The van der Waals surface area contributed by atoms with Crippen LogP contribution < -0.4 is 10.1 Å². The summed E-state index contributed by atoms with van der Waals surface area (Å²) in [5.74, 6) is -2.88. The second kappa shape index (κ2) is 6.58. The molecule has 20 heavy (non-hydrogen) atoms. The van der Waals surface area contributed by atoms with Crippen LogP contribution in [0.25, 0.3) is 0 Å². The highest BCUT2D eigenvalue weighted by Crippen LogP contribution is 2.39. The van der Waals surface area contributed by atoms with Gasteiger partial charge in [0.2, 0.25) is 0 Å². The fourth-order valence-electron chi connectivity index (χ4n) is 1.85. The van der Waals surface area contributed by atoms with E-state index in [2.05, 4.69) is 26.0 Å². The average molecular weight is 373 g/mol. The summed E-state index contributed by atoms with van der Waals surface area (Å²) in [6.45, 7) is 1.16. The first-order valence-electron chi connectivity index (χ1n) is 5.67. The Hall–Kier alpha value is -1.08. The van der Waals surface area contributed by atoms with Crippen molar-refractivity contribution in [1.29, 1.82) is 0 Å². The Balaban J connectivity index is 0.00000200. The van der Waals surface area contributed by atoms with Crippen molar-refractivity contribution in [3.63, 3.8) is 0 Å². The molecular weight excluding hydrogens is 359 g/mol. The number of benzene rings is 1. The Bertz CT molecular complexity index is 502. The fraction of sp³-hybridized carbons (Fsp3) is 0.417. The summed E-state index contributed by atoms with van der Waals surface area (Å²) in [7, 11) is 0. The standard InChI is InChI=1S/C12H12BrF2NO3.ClH/c1-2-18-9-4-3-7(13)5-8(9)10-12(14,15)6-19-11(17)16-10;/h3-5,10H,2,6H2,1H3,(H,16,17);1H/t10-;/m0./s1. The van der Waals surface area contributed by atoms with Gasteiger partial charge < -0.3 is 14.8 Å². The molecule has 4 nitrogen and oxygen atoms in total. The van der Waals surface area contributed by atoms with Crippen LogP contribution in [0.15, 0.2) is 22.7 Å². The molecule has 1 fully saturated rings. The van der Waals surface area contributed by atoms with Crippen molar-refractivity contribution in [2.24, 2.45) is 0 Å². The van der Waals surface area contributed by atoms with Gasteiger partial charge in [-0.3, -0.25) is 0 Å². The van der Waals surface area contributed by atoms with Gasteiger partial charge in [-0.1, -0.05) is 15.9 Å². The number of alkyl carbamates (subject to hydrolysis) is 1. The molecule has 8 heteroatoms. The summed E-state index contributed by atoms with van der Waals surface area (Å²) >= 11 is 3.22. The molecule has 0 spiro atoms. The SMILES string of the molecule is CCOc1ccc(Br)cc1[C@@H]1NC(=O)OCC1(F)F.Cl. The molecule has 1 heterocycles. The van der Waals surface area contributed by atoms with Crippen LogP contribution in [0.4, 0.5) is 13.6 Å². The second-order valence-corrected chi connectivity index (χ2v) is 4.95. The first kappa shape index (κ1) is 17.0. The van der Waals surface area contributed by atoms with Crippen LogP contribution in [-0.4, -0.2) is 25.2 Å². The van der Waals surface area contributed by atoms with Gasteiger partial charge in [-0.15, -0.1) is 12.4 Å². The molecule has 0 radical (unpaired) electrons. The van der Waals surface area contributed by atoms with Gasteiger partial charge in [0.15, 0.2) is 6.61 Å². The molecule has 1 atom stereocenters. The van der Waals surface area contributed by atoms with Crippen molar-refractivity contribution < 1.29 is 23.0 Å². The van der Waals surface area contributed by atoms with E-state index in [1.165, 1.54) is 6.07 Å². The molecule has 1 aromatic rings. The van der Waals surface area contributed by atoms with Crippen LogP contribution in [-0.2, 0) is 4.74 Å². The van der Waals surface area contributed by atoms with Crippen molar-refractivity contribution in [1.82, 2.24) is 5.32 Å². The van der Waals surface area contributed by atoms with E-state index in [0.717, 1.165) is 0 Å². The normalized spacial score (nSPS) is 20.4. The second-order valence-electron chi connectivity index (χ2n) is 4.03. The third kappa shape index (κ3) is 3.52. The monoisotopic (exact) mass is 371 g/mol. The van der Waals surface area contributed by atoms with Crippen LogP contribution in [0.3, 0.4) is 0 Å². The molecule has 2 rings (SSSR count). The summed E-state index contributed by atoms with van der Waals surface area (Å²) in [4.78, 5) is 11.2. The lowest BCUT2D eigenvalue weighted by Gasteiger charge is -2.32. The number of carbonyl (C=O) groups excluding carboxylic acids is 1. The number of cyclic esters (lactones) is 1. The third-order valence-electron chi connectivity index (χ3n) is 2.66. The first-order valence-corrected chi connectivity index (χ1v) is 6.46. The number of carbonyl (C=O) groups is 1. The Morgan fingerprint density at radius 2 is 2.25 bits per heavy atom. The van der Waals surface area contributed by atoms with E-state index < -0.39 is 24.7 Å². The van der Waals surface area contributed by atoms with E-state index in [-0.39, 0.29) is 18.0 Å². The Morgan fingerprint density at radius 3 is 2.90 bits per heavy atom. The molecule has 1 aliphatic heterocycles. The van der Waals surface area contributed by atoms with Gasteiger partial charge in [-0.25, -0.2) is 13.6 Å². The van der Waals surface area contributed by atoms with Gasteiger partial charge >= 0.3 is 12.0 Å². The number of hydrogen-bond acceptors (Lipinski definition) is 3. The maximum atomic E-state index is 13.9. The Labute approximate surface area is 129 Å². The minimum Gasteiger partial charge on any atom is -0.494 e. The highest BCUT2D eigenvalue weighted by molar-refractivity contribution is 9.10. The molecule has 1 N–H and O–H groups in total. The van der Waals surface area contributed by atoms with E-state index in [4.69, 9.17) is 4.74 Å². The van der Waals surface area contributed by atoms with Crippen molar-refractivity contribution in [2.75, 3.05) is 13.2 Å². The lowest BCUT2D eigenvalue weighted by atomic mass is 9.99. The number of ether oxygens (including phenoxy) is 2. The zero-order valence-corrected chi connectivity index (χ0v) is 12.9. The number of nitrogens with one attached hydrogen (secondary N) is 1. The smallest absolute Gasteiger partial charge is 0.408 e. The maximum absolute atomic E-state index is 13.9. The quantitative estimate of drug-likeness (QED) is 0.880. The summed E-state index contributed by atoms with van der Waals surface area (Å²) in [6, 6.07) is 3.32. The molecule has 1 saturated heterocycles. The first-order chi connectivity index (χ1) is 8.94. The molecule has 112 valence electrons. The summed E-state index contributed by atoms with van der Waals surface area (Å²) in [5.41, 5.74) is 0.220. The number of alkyl halides is 2. The lowest BCUT2D eigenvalue weighted by molar-refractivity contribution is -0.104. The zero-order valence-electron chi connectivity index (χ0n) is 10.5. The van der Waals surface area contributed by atoms with Gasteiger partial charge in [0, 0.05) is 10.0 Å². The Kier molecular flexibility index (Phi) is 5.59. The number of hydrogen-bond donors (Lipinski definition) is 1. The van der Waals surface area contributed by atoms with Gasteiger partial charge in [-0.2, -0.15) is 0 Å². The largest absolute Gasteiger partial charge is 0.494 e. The van der Waals surface area contributed by atoms with Crippen molar-refractivity contribution >= 4 is 34.4 Å². The predicted octanol–water partition coefficient (Wildman–Crippen LogP) is 3.69. The minimum absolute atomic E-state index is 0. The summed E-state index contributed by atoms with van der Waals surface area (Å²) < 4.78 is 38.0. The topological polar surface area (TPSA) is 47.6 Å². The molecule has 1 aromatic carbocycles. The Morgan fingerprint density at radius 1 is 1.55 bits per heavy atom. The number of amides is 1. The van der Waals surface area contributed by atoms with E-state index >= 15 is 0 Å². The molecule has 0 aliphatic carbocycles. The molecule has 0 unspecified atom stereocenters. The van der Waals surface area contributed by atoms with E-state index in [0.29, 0.717) is 16.8 Å². The molecular formula is C12H13BrClF2NO3. The lowest BCUT2D eigenvalue weighted by Crippen LogP contribution is -2.49. The van der Waals surface area contributed by atoms with Crippen molar-refractivity contribution in [3.05, 3.63) is 28.2 Å². The van der Waals surface area contributed by atoms with Gasteiger partial charge in [0.1, 0.15) is 11.8 Å². The van der Waals surface area contributed by atoms with Crippen LogP contribution in [0.1, 0.15) is 18.5 Å². The number of rotatable bonds is 3. The predicted molar refractivity (Wildman–Crippen MR) is 74.7 cm³/mol. The van der Waals surface area contributed by atoms with Crippen LogP contribution in [0, 0.1) is 0 Å². The van der Waals surface area contributed by atoms with Crippen molar-refractivity contribution in [2.45, 2.75) is 18.9 Å².